The molecule has 114 valence electrons. The highest BCUT2D eigenvalue weighted by Crippen LogP contribution is 2.19. The van der Waals surface area contributed by atoms with Gasteiger partial charge in [0.05, 0.1) is 5.75 Å². The van der Waals surface area contributed by atoms with Gasteiger partial charge in [-0.05, 0) is 24.1 Å². The lowest BCUT2D eigenvalue weighted by molar-refractivity contribution is 0.588. The summed E-state index contributed by atoms with van der Waals surface area (Å²) < 4.78 is 23.2. The molecule has 0 radical (unpaired) electrons. The van der Waals surface area contributed by atoms with Crippen molar-refractivity contribution >= 4 is 21.6 Å². The number of sulfone groups is 1. The molecule has 0 aromatic heterocycles. The zero-order valence-corrected chi connectivity index (χ0v) is 14.2. The predicted molar refractivity (Wildman–Crippen MR) is 88.1 cm³/mol. The lowest BCUT2D eigenvalue weighted by Gasteiger charge is -2.08. The Kier molecular flexibility index (Phi) is 7.62. The highest BCUT2D eigenvalue weighted by Gasteiger charge is 2.09. The van der Waals surface area contributed by atoms with Gasteiger partial charge >= 0.3 is 0 Å². The fraction of sp³-hybridized carbons (Fsp3) is 0.600. The molecule has 0 saturated carbocycles. The molecule has 0 amide bonds. The second-order valence-corrected chi connectivity index (χ2v) is 8.65. The van der Waals surface area contributed by atoms with E-state index in [1.807, 2.05) is 6.92 Å². The van der Waals surface area contributed by atoms with Gasteiger partial charge in [0.15, 0.2) is 9.84 Å². The molecule has 1 N–H and O–H groups in total. The van der Waals surface area contributed by atoms with Crippen molar-refractivity contribution in [1.29, 1.82) is 0 Å². The standard InChI is InChI=1S/C15H25NO2S2/c1-4-10-20(17,18)11-9-19-15-7-5-14(6-8-15)12-16-13(2)3/h5-8,13,16H,4,9-12H2,1-3H3. The highest BCUT2D eigenvalue weighted by atomic mass is 32.2. The molecule has 20 heavy (non-hydrogen) atoms. The van der Waals surface area contributed by atoms with Gasteiger partial charge in [-0.3, -0.25) is 0 Å². The van der Waals surface area contributed by atoms with Crippen LogP contribution in [0.4, 0.5) is 0 Å². The van der Waals surface area contributed by atoms with Crippen molar-refractivity contribution in [3.05, 3.63) is 29.8 Å². The maximum Gasteiger partial charge on any atom is 0.151 e. The predicted octanol–water partition coefficient (Wildman–Crippen LogP) is 3.10. The molecule has 0 saturated heterocycles. The average Bonchev–Trinajstić information content (AvgIpc) is 2.37. The summed E-state index contributed by atoms with van der Waals surface area (Å²) in [6, 6.07) is 8.80. The summed E-state index contributed by atoms with van der Waals surface area (Å²) in [5, 5.41) is 3.37. The number of nitrogens with one attached hydrogen (secondary N) is 1. The topological polar surface area (TPSA) is 46.2 Å². The summed E-state index contributed by atoms with van der Waals surface area (Å²) >= 11 is 1.61. The monoisotopic (exact) mass is 315 g/mol. The van der Waals surface area contributed by atoms with Crippen molar-refractivity contribution < 1.29 is 8.42 Å². The van der Waals surface area contributed by atoms with E-state index in [1.165, 1.54) is 5.56 Å². The normalized spacial score (nSPS) is 12.0. The second kappa shape index (κ2) is 8.70. The van der Waals surface area contributed by atoms with Crippen LogP contribution in [0.5, 0.6) is 0 Å². The molecule has 5 heteroatoms. The molecule has 0 aliphatic heterocycles. The molecule has 0 heterocycles. The highest BCUT2D eigenvalue weighted by molar-refractivity contribution is 8.00. The summed E-state index contributed by atoms with van der Waals surface area (Å²) in [6.45, 7) is 7.02. The Morgan fingerprint density at radius 1 is 1.15 bits per heavy atom. The van der Waals surface area contributed by atoms with E-state index in [-0.39, 0.29) is 5.75 Å². The van der Waals surface area contributed by atoms with E-state index in [0.717, 1.165) is 11.4 Å². The lowest BCUT2D eigenvalue weighted by atomic mass is 10.2. The van der Waals surface area contributed by atoms with Crippen LogP contribution in [0, 0.1) is 0 Å². The molecule has 0 aliphatic carbocycles. The third-order valence-corrected chi connectivity index (χ3v) is 5.94. The van der Waals surface area contributed by atoms with Gasteiger partial charge in [0.2, 0.25) is 0 Å². The van der Waals surface area contributed by atoms with E-state index >= 15 is 0 Å². The number of thioether (sulfide) groups is 1. The molecule has 0 atom stereocenters. The van der Waals surface area contributed by atoms with E-state index < -0.39 is 9.84 Å². The fourth-order valence-corrected chi connectivity index (χ4v) is 4.46. The van der Waals surface area contributed by atoms with E-state index in [1.54, 1.807) is 11.8 Å². The van der Waals surface area contributed by atoms with Crippen molar-refractivity contribution in [3.8, 4) is 0 Å². The van der Waals surface area contributed by atoms with E-state index in [2.05, 4.69) is 43.4 Å². The van der Waals surface area contributed by atoms with Crippen LogP contribution in [-0.2, 0) is 16.4 Å². The van der Waals surface area contributed by atoms with Gasteiger partial charge in [0.25, 0.3) is 0 Å². The number of benzene rings is 1. The third kappa shape index (κ3) is 7.31. The lowest BCUT2D eigenvalue weighted by Crippen LogP contribution is -2.21. The maximum absolute atomic E-state index is 11.6. The van der Waals surface area contributed by atoms with E-state index in [9.17, 15) is 8.42 Å². The van der Waals surface area contributed by atoms with Gasteiger partial charge in [-0.15, -0.1) is 11.8 Å². The zero-order valence-electron chi connectivity index (χ0n) is 12.6. The molecule has 1 aromatic carbocycles. The van der Waals surface area contributed by atoms with Gasteiger partial charge in [0, 0.05) is 29.0 Å². The minimum Gasteiger partial charge on any atom is -0.310 e. The molecule has 0 unspecified atom stereocenters. The third-order valence-electron chi connectivity index (χ3n) is 2.82. The SMILES string of the molecule is CCCS(=O)(=O)CCSc1ccc(CNC(C)C)cc1. The van der Waals surface area contributed by atoms with Crippen molar-refractivity contribution in [2.75, 3.05) is 17.3 Å². The molecule has 0 fully saturated rings. The molecule has 1 aromatic rings. The second-order valence-electron chi connectivity index (χ2n) is 5.18. The van der Waals surface area contributed by atoms with Crippen molar-refractivity contribution in [3.63, 3.8) is 0 Å². The molecule has 1 rings (SSSR count). The quantitative estimate of drug-likeness (QED) is 0.711. The molecule has 0 aliphatic rings. The van der Waals surface area contributed by atoms with Gasteiger partial charge in [-0.1, -0.05) is 32.9 Å². The zero-order chi connectivity index (χ0) is 15.0. The Labute approximate surface area is 127 Å². The van der Waals surface area contributed by atoms with Crippen molar-refractivity contribution in [1.82, 2.24) is 5.32 Å². The summed E-state index contributed by atoms with van der Waals surface area (Å²) in [5.74, 6) is 1.20. The molecular formula is C15H25NO2S2. The summed E-state index contributed by atoms with van der Waals surface area (Å²) in [5.41, 5.74) is 1.25. The summed E-state index contributed by atoms with van der Waals surface area (Å²) in [7, 11) is -2.86. The first-order chi connectivity index (χ1) is 9.43. The van der Waals surface area contributed by atoms with Gasteiger partial charge < -0.3 is 5.32 Å². The molecular weight excluding hydrogens is 290 g/mol. The summed E-state index contributed by atoms with van der Waals surface area (Å²) in [6.07, 6.45) is 0.699. The van der Waals surface area contributed by atoms with Crippen LogP contribution < -0.4 is 5.32 Å². The van der Waals surface area contributed by atoms with Crippen molar-refractivity contribution in [2.24, 2.45) is 0 Å². The van der Waals surface area contributed by atoms with Gasteiger partial charge in [-0.25, -0.2) is 8.42 Å². The Balaban J connectivity index is 2.38. The maximum atomic E-state index is 11.6. The van der Waals surface area contributed by atoms with Crippen LogP contribution >= 0.6 is 11.8 Å². The average molecular weight is 316 g/mol. The molecule has 3 nitrogen and oxygen atoms in total. The first-order valence-corrected chi connectivity index (χ1v) is 9.89. The number of hydrogen-bond donors (Lipinski definition) is 1. The Bertz CT molecular complexity index is 481. The number of rotatable bonds is 9. The van der Waals surface area contributed by atoms with Gasteiger partial charge in [0.1, 0.15) is 0 Å². The Hall–Kier alpha value is -0.520. The Morgan fingerprint density at radius 3 is 2.35 bits per heavy atom. The summed E-state index contributed by atoms with van der Waals surface area (Å²) in [4.78, 5) is 1.13. The van der Waals surface area contributed by atoms with Crippen LogP contribution in [-0.4, -0.2) is 31.7 Å². The van der Waals surface area contributed by atoms with Crippen LogP contribution in [0.3, 0.4) is 0 Å². The van der Waals surface area contributed by atoms with Crippen molar-refractivity contribution in [2.45, 2.75) is 44.7 Å². The minimum atomic E-state index is -2.86. The van der Waals surface area contributed by atoms with Crippen LogP contribution in [0.1, 0.15) is 32.8 Å². The Morgan fingerprint density at radius 2 is 1.80 bits per heavy atom. The molecule has 0 bridgehead atoms. The number of hydrogen-bond acceptors (Lipinski definition) is 4. The van der Waals surface area contributed by atoms with Gasteiger partial charge in [-0.2, -0.15) is 0 Å². The first-order valence-electron chi connectivity index (χ1n) is 7.08. The first kappa shape index (κ1) is 17.5. The molecule has 0 spiro atoms. The smallest absolute Gasteiger partial charge is 0.151 e. The minimum absolute atomic E-state index is 0.266. The van der Waals surface area contributed by atoms with Crippen LogP contribution in [0.2, 0.25) is 0 Å². The van der Waals surface area contributed by atoms with Crippen LogP contribution in [0.25, 0.3) is 0 Å². The fourth-order valence-electron chi connectivity index (χ4n) is 1.73. The van der Waals surface area contributed by atoms with E-state index in [4.69, 9.17) is 0 Å². The van der Waals surface area contributed by atoms with Crippen LogP contribution in [0.15, 0.2) is 29.2 Å². The van der Waals surface area contributed by atoms with E-state index in [0.29, 0.717) is 24.0 Å². The largest absolute Gasteiger partial charge is 0.310 e.